The fourth-order valence-electron chi connectivity index (χ4n) is 1.60. The standard InChI is InChI=1S/C11H17NO3/c1-11(13,10(14-2)15-3)7-9-5-4-6-12-8-9/h4-6,8,10,13H,7H2,1-3H3. The van der Waals surface area contributed by atoms with Crippen LogP contribution in [0.5, 0.6) is 0 Å². The number of methoxy groups -OCH3 is 2. The lowest BCUT2D eigenvalue weighted by atomic mass is 9.97. The van der Waals surface area contributed by atoms with Crippen molar-refractivity contribution in [3.63, 3.8) is 0 Å². The van der Waals surface area contributed by atoms with Crippen LogP contribution in [0.2, 0.25) is 0 Å². The van der Waals surface area contributed by atoms with Crippen LogP contribution in [0.4, 0.5) is 0 Å². The summed E-state index contributed by atoms with van der Waals surface area (Å²) in [5, 5.41) is 10.1. The Labute approximate surface area is 89.9 Å². The van der Waals surface area contributed by atoms with Crippen LogP contribution in [0, 0.1) is 0 Å². The van der Waals surface area contributed by atoms with E-state index in [1.165, 1.54) is 14.2 Å². The van der Waals surface area contributed by atoms with Crippen molar-refractivity contribution in [3.8, 4) is 0 Å². The molecular weight excluding hydrogens is 194 g/mol. The van der Waals surface area contributed by atoms with E-state index in [-0.39, 0.29) is 0 Å². The SMILES string of the molecule is COC(OC)C(C)(O)Cc1cccnc1. The fraction of sp³-hybridized carbons (Fsp3) is 0.545. The van der Waals surface area contributed by atoms with Crippen LogP contribution in [-0.2, 0) is 15.9 Å². The van der Waals surface area contributed by atoms with Gasteiger partial charge in [-0.3, -0.25) is 4.98 Å². The molecular formula is C11H17NO3. The maximum atomic E-state index is 10.1. The van der Waals surface area contributed by atoms with Crippen molar-refractivity contribution in [1.82, 2.24) is 4.98 Å². The highest BCUT2D eigenvalue weighted by Crippen LogP contribution is 2.19. The first-order valence-corrected chi connectivity index (χ1v) is 4.77. The zero-order chi connectivity index (χ0) is 11.3. The van der Waals surface area contributed by atoms with Gasteiger partial charge in [-0.15, -0.1) is 0 Å². The van der Waals surface area contributed by atoms with E-state index in [0.29, 0.717) is 6.42 Å². The summed E-state index contributed by atoms with van der Waals surface area (Å²) in [7, 11) is 3.01. The minimum Gasteiger partial charge on any atom is -0.385 e. The normalized spacial score (nSPS) is 15.3. The van der Waals surface area contributed by atoms with Crippen molar-refractivity contribution in [2.75, 3.05) is 14.2 Å². The summed E-state index contributed by atoms with van der Waals surface area (Å²) in [4.78, 5) is 3.99. The second-order valence-electron chi connectivity index (χ2n) is 3.70. The second kappa shape index (κ2) is 5.21. The number of rotatable bonds is 5. The van der Waals surface area contributed by atoms with Crippen LogP contribution >= 0.6 is 0 Å². The largest absolute Gasteiger partial charge is 0.385 e. The van der Waals surface area contributed by atoms with E-state index in [0.717, 1.165) is 5.56 Å². The highest BCUT2D eigenvalue weighted by Gasteiger charge is 2.32. The molecule has 0 aliphatic heterocycles. The Bertz CT molecular complexity index is 283. The van der Waals surface area contributed by atoms with Crippen LogP contribution < -0.4 is 0 Å². The van der Waals surface area contributed by atoms with Crippen molar-refractivity contribution in [3.05, 3.63) is 30.1 Å². The zero-order valence-electron chi connectivity index (χ0n) is 9.30. The second-order valence-corrected chi connectivity index (χ2v) is 3.70. The molecule has 0 bridgehead atoms. The van der Waals surface area contributed by atoms with E-state index in [1.54, 1.807) is 19.3 Å². The molecule has 84 valence electrons. The Kier molecular flexibility index (Phi) is 4.20. The van der Waals surface area contributed by atoms with E-state index in [9.17, 15) is 5.11 Å². The monoisotopic (exact) mass is 211 g/mol. The van der Waals surface area contributed by atoms with Crippen molar-refractivity contribution >= 4 is 0 Å². The molecule has 0 amide bonds. The maximum Gasteiger partial charge on any atom is 0.185 e. The number of hydrogen-bond acceptors (Lipinski definition) is 4. The number of ether oxygens (including phenoxy) is 2. The Morgan fingerprint density at radius 3 is 2.60 bits per heavy atom. The molecule has 0 aromatic carbocycles. The Morgan fingerprint density at radius 2 is 2.13 bits per heavy atom. The predicted octanol–water partition coefficient (Wildman–Crippen LogP) is 0.994. The highest BCUT2D eigenvalue weighted by atomic mass is 16.7. The molecule has 0 fully saturated rings. The molecule has 1 unspecified atom stereocenters. The molecule has 4 heteroatoms. The number of pyridine rings is 1. The minimum absolute atomic E-state index is 0.438. The number of aliphatic hydroxyl groups is 1. The van der Waals surface area contributed by atoms with Crippen molar-refractivity contribution in [2.45, 2.75) is 25.2 Å². The van der Waals surface area contributed by atoms with Gasteiger partial charge in [0.15, 0.2) is 6.29 Å². The van der Waals surface area contributed by atoms with Gasteiger partial charge in [0.2, 0.25) is 0 Å². The van der Waals surface area contributed by atoms with Crippen LogP contribution in [0.25, 0.3) is 0 Å². The highest BCUT2D eigenvalue weighted by molar-refractivity contribution is 5.11. The summed E-state index contributed by atoms with van der Waals surface area (Å²) >= 11 is 0. The molecule has 1 heterocycles. The third kappa shape index (κ3) is 3.27. The lowest BCUT2D eigenvalue weighted by Crippen LogP contribution is -2.43. The molecule has 0 aliphatic rings. The summed E-state index contributed by atoms with van der Waals surface area (Å²) in [6.45, 7) is 1.68. The van der Waals surface area contributed by atoms with E-state index >= 15 is 0 Å². The Balaban J connectivity index is 2.71. The van der Waals surface area contributed by atoms with E-state index < -0.39 is 11.9 Å². The first-order chi connectivity index (χ1) is 7.10. The van der Waals surface area contributed by atoms with Gasteiger partial charge in [-0.25, -0.2) is 0 Å². The van der Waals surface area contributed by atoms with Crippen LogP contribution in [0.1, 0.15) is 12.5 Å². The fourth-order valence-corrected chi connectivity index (χ4v) is 1.60. The van der Waals surface area contributed by atoms with Gasteiger partial charge in [0, 0.05) is 33.0 Å². The molecule has 1 rings (SSSR count). The molecule has 1 aromatic heterocycles. The number of aromatic nitrogens is 1. The van der Waals surface area contributed by atoms with Crippen LogP contribution in [-0.4, -0.2) is 36.2 Å². The quantitative estimate of drug-likeness (QED) is 0.738. The van der Waals surface area contributed by atoms with Gasteiger partial charge in [-0.2, -0.15) is 0 Å². The lowest BCUT2D eigenvalue weighted by molar-refractivity contribution is -0.207. The first-order valence-electron chi connectivity index (χ1n) is 4.77. The Morgan fingerprint density at radius 1 is 1.47 bits per heavy atom. The first kappa shape index (κ1) is 12.1. The number of hydrogen-bond donors (Lipinski definition) is 1. The van der Waals surface area contributed by atoms with E-state index in [2.05, 4.69) is 4.98 Å². The summed E-state index contributed by atoms with van der Waals surface area (Å²) in [5.41, 5.74) is -0.117. The van der Waals surface area contributed by atoms with Gasteiger partial charge in [-0.05, 0) is 18.6 Å². The average Bonchev–Trinajstić information content (AvgIpc) is 2.19. The van der Waals surface area contributed by atoms with Gasteiger partial charge < -0.3 is 14.6 Å². The lowest BCUT2D eigenvalue weighted by Gasteiger charge is -2.30. The van der Waals surface area contributed by atoms with Crippen LogP contribution in [0.3, 0.4) is 0 Å². The van der Waals surface area contributed by atoms with E-state index in [1.807, 2.05) is 12.1 Å². The van der Waals surface area contributed by atoms with Gasteiger partial charge in [0.1, 0.15) is 5.60 Å². The third-order valence-electron chi connectivity index (χ3n) is 2.22. The molecule has 0 aliphatic carbocycles. The van der Waals surface area contributed by atoms with Crippen molar-refractivity contribution in [2.24, 2.45) is 0 Å². The van der Waals surface area contributed by atoms with E-state index in [4.69, 9.17) is 9.47 Å². The molecule has 15 heavy (non-hydrogen) atoms. The average molecular weight is 211 g/mol. The molecule has 1 N–H and O–H groups in total. The third-order valence-corrected chi connectivity index (χ3v) is 2.22. The minimum atomic E-state index is -1.06. The zero-order valence-corrected chi connectivity index (χ0v) is 9.30. The molecule has 0 saturated carbocycles. The van der Waals surface area contributed by atoms with Gasteiger partial charge in [0.25, 0.3) is 0 Å². The van der Waals surface area contributed by atoms with Crippen molar-refractivity contribution < 1.29 is 14.6 Å². The molecule has 1 atom stereocenters. The predicted molar refractivity (Wildman–Crippen MR) is 56.4 cm³/mol. The molecule has 0 spiro atoms. The van der Waals surface area contributed by atoms with Crippen molar-refractivity contribution in [1.29, 1.82) is 0 Å². The van der Waals surface area contributed by atoms with Gasteiger partial charge >= 0.3 is 0 Å². The maximum absolute atomic E-state index is 10.1. The smallest absolute Gasteiger partial charge is 0.185 e. The summed E-state index contributed by atoms with van der Waals surface area (Å²) < 4.78 is 10.1. The van der Waals surface area contributed by atoms with Gasteiger partial charge in [-0.1, -0.05) is 6.07 Å². The summed E-state index contributed by atoms with van der Waals surface area (Å²) in [5.74, 6) is 0. The molecule has 0 radical (unpaired) electrons. The topological polar surface area (TPSA) is 51.6 Å². The van der Waals surface area contributed by atoms with Crippen LogP contribution in [0.15, 0.2) is 24.5 Å². The Hall–Kier alpha value is -0.970. The molecule has 0 saturated heterocycles. The molecule has 1 aromatic rings. The number of nitrogens with zero attached hydrogens (tertiary/aromatic N) is 1. The molecule has 4 nitrogen and oxygen atoms in total. The summed E-state index contributed by atoms with van der Waals surface area (Å²) in [6.07, 6.45) is 3.21. The van der Waals surface area contributed by atoms with Gasteiger partial charge in [0.05, 0.1) is 0 Å². The summed E-state index contributed by atoms with van der Waals surface area (Å²) in [6, 6.07) is 3.74.